The van der Waals surface area contributed by atoms with Gasteiger partial charge in [-0.05, 0) is 31.2 Å². The van der Waals surface area contributed by atoms with Gasteiger partial charge < -0.3 is 5.32 Å². The number of benzene rings is 1. The van der Waals surface area contributed by atoms with Gasteiger partial charge in [0.05, 0.1) is 5.69 Å². The fourth-order valence-electron chi connectivity index (χ4n) is 2.46. The van der Waals surface area contributed by atoms with Crippen molar-refractivity contribution in [3.8, 4) is 21.8 Å². The molecule has 4 aromatic rings. The monoisotopic (exact) mass is 345 g/mol. The van der Waals surface area contributed by atoms with Gasteiger partial charge in [-0.15, -0.1) is 11.3 Å². The molecule has 122 valence electrons. The topological polar surface area (TPSA) is 63.6 Å². The van der Waals surface area contributed by atoms with Crippen molar-refractivity contribution in [3.05, 3.63) is 72.3 Å². The predicted octanol–water partition coefficient (Wildman–Crippen LogP) is 4.71. The van der Waals surface area contributed by atoms with Crippen molar-refractivity contribution in [2.24, 2.45) is 0 Å². The van der Waals surface area contributed by atoms with E-state index in [0.717, 1.165) is 39.0 Å². The minimum absolute atomic E-state index is 0.777. The highest BCUT2D eigenvalue weighted by molar-refractivity contribution is 7.13. The van der Waals surface area contributed by atoms with Crippen molar-refractivity contribution in [1.82, 2.24) is 19.9 Å². The molecule has 0 aliphatic heterocycles. The van der Waals surface area contributed by atoms with Crippen LogP contribution in [0.15, 0.2) is 66.6 Å². The quantitative estimate of drug-likeness (QED) is 0.580. The van der Waals surface area contributed by atoms with Crippen LogP contribution >= 0.6 is 11.3 Å². The predicted molar refractivity (Wildman–Crippen MR) is 101 cm³/mol. The maximum Gasteiger partial charge on any atom is 0.133 e. The van der Waals surface area contributed by atoms with Crippen LogP contribution in [0.5, 0.6) is 0 Å². The first-order valence-corrected chi connectivity index (χ1v) is 8.68. The summed E-state index contributed by atoms with van der Waals surface area (Å²) in [5.74, 6) is 0.777. The number of thiazole rings is 1. The Morgan fingerprint density at radius 3 is 2.76 bits per heavy atom. The van der Waals surface area contributed by atoms with Crippen LogP contribution in [0.2, 0.25) is 0 Å². The fourth-order valence-corrected chi connectivity index (χ4v) is 3.28. The van der Waals surface area contributed by atoms with Gasteiger partial charge in [0.25, 0.3) is 0 Å². The van der Waals surface area contributed by atoms with E-state index in [1.54, 1.807) is 23.9 Å². The summed E-state index contributed by atoms with van der Waals surface area (Å²) in [5, 5.41) is 6.34. The fraction of sp³-hybridized carbons (Fsp3) is 0.0526. The van der Waals surface area contributed by atoms with Crippen LogP contribution < -0.4 is 5.32 Å². The summed E-state index contributed by atoms with van der Waals surface area (Å²) < 4.78 is 0. The molecule has 0 aliphatic carbocycles. The molecule has 0 amide bonds. The second-order valence-electron chi connectivity index (χ2n) is 5.53. The Balaban J connectivity index is 1.60. The summed E-state index contributed by atoms with van der Waals surface area (Å²) in [6.07, 6.45) is 5.15. The molecule has 0 saturated heterocycles. The zero-order valence-corrected chi connectivity index (χ0v) is 14.4. The maximum atomic E-state index is 4.74. The van der Waals surface area contributed by atoms with Gasteiger partial charge in [-0.3, -0.25) is 4.98 Å². The van der Waals surface area contributed by atoms with Gasteiger partial charge in [0, 0.05) is 46.3 Å². The van der Waals surface area contributed by atoms with E-state index in [1.807, 2.05) is 43.5 Å². The summed E-state index contributed by atoms with van der Waals surface area (Å²) in [6.45, 7) is 1.94. The smallest absolute Gasteiger partial charge is 0.133 e. The molecular formula is C19H15N5S. The highest BCUT2D eigenvalue weighted by atomic mass is 32.1. The van der Waals surface area contributed by atoms with Crippen LogP contribution in [-0.4, -0.2) is 19.9 Å². The van der Waals surface area contributed by atoms with Crippen LogP contribution in [0.25, 0.3) is 21.8 Å². The zero-order valence-electron chi connectivity index (χ0n) is 13.5. The number of hydrogen-bond donors (Lipinski definition) is 1. The average molecular weight is 345 g/mol. The molecule has 0 radical (unpaired) electrons. The number of rotatable bonds is 4. The number of aromatic nitrogens is 4. The van der Waals surface area contributed by atoms with E-state index in [1.165, 1.54) is 0 Å². The van der Waals surface area contributed by atoms with Crippen LogP contribution in [-0.2, 0) is 0 Å². The Morgan fingerprint density at radius 1 is 1.00 bits per heavy atom. The van der Waals surface area contributed by atoms with Crippen molar-refractivity contribution in [2.75, 3.05) is 5.32 Å². The summed E-state index contributed by atoms with van der Waals surface area (Å²) in [7, 11) is 0. The van der Waals surface area contributed by atoms with Crippen LogP contribution in [0, 0.1) is 6.92 Å². The third-order valence-electron chi connectivity index (χ3n) is 3.65. The van der Waals surface area contributed by atoms with Crippen molar-refractivity contribution in [2.45, 2.75) is 6.92 Å². The summed E-state index contributed by atoms with van der Waals surface area (Å²) >= 11 is 1.62. The van der Waals surface area contributed by atoms with Gasteiger partial charge >= 0.3 is 0 Å². The standard InChI is InChI=1S/C19H15N5S/c1-13-8-18(22-12-21-13)23-16-6-2-4-14(9-16)17-11-25-19(24-17)15-5-3-7-20-10-15/h2-12H,1H3,(H,21,22,23). The molecule has 6 heteroatoms. The van der Waals surface area contributed by atoms with Crippen molar-refractivity contribution >= 4 is 22.8 Å². The highest BCUT2D eigenvalue weighted by Gasteiger charge is 2.07. The van der Waals surface area contributed by atoms with E-state index in [-0.39, 0.29) is 0 Å². The number of nitrogens with zero attached hydrogens (tertiary/aromatic N) is 4. The highest BCUT2D eigenvalue weighted by Crippen LogP contribution is 2.30. The van der Waals surface area contributed by atoms with Gasteiger partial charge in [0.15, 0.2) is 0 Å². The molecule has 0 atom stereocenters. The van der Waals surface area contributed by atoms with Crippen LogP contribution in [0.1, 0.15) is 5.69 Å². The molecule has 4 rings (SSSR count). The molecule has 0 bridgehead atoms. The van der Waals surface area contributed by atoms with Gasteiger partial charge in [-0.1, -0.05) is 12.1 Å². The molecule has 25 heavy (non-hydrogen) atoms. The lowest BCUT2D eigenvalue weighted by atomic mass is 10.1. The number of hydrogen-bond acceptors (Lipinski definition) is 6. The zero-order chi connectivity index (χ0) is 17.1. The Kier molecular flexibility index (Phi) is 4.18. The first-order chi connectivity index (χ1) is 12.3. The Bertz CT molecular complexity index is 997. The maximum absolute atomic E-state index is 4.74. The Labute approximate surface area is 149 Å². The first kappa shape index (κ1) is 15.4. The second-order valence-corrected chi connectivity index (χ2v) is 6.39. The molecule has 5 nitrogen and oxygen atoms in total. The van der Waals surface area contributed by atoms with E-state index >= 15 is 0 Å². The lowest BCUT2D eigenvalue weighted by Gasteiger charge is -2.07. The van der Waals surface area contributed by atoms with Gasteiger partial charge in [-0.2, -0.15) is 0 Å². The Morgan fingerprint density at radius 2 is 1.92 bits per heavy atom. The second kappa shape index (κ2) is 6.78. The molecule has 0 unspecified atom stereocenters. The molecular weight excluding hydrogens is 330 g/mol. The minimum Gasteiger partial charge on any atom is -0.340 e. The number of anilines is 2. The summed E-state index contributed by atoms with van der Waals surface area (Å²) in [4.78, 5) is 17.2. The van der Waals surface area contributed by atoms with E-state index in [9.17, 15) is 0 Å². The normalized spacial score (nSPS) is 10.6. The lowest BCUT2D eigenvalue weighted by molar-refractivity contribution is 1.10. The summed E-state index contributed by atoms with van der Waals surface area (Å²) in [6, 6.07) is 14.0. The van der Waals surface area contributed by atoms with Gasteiger partial charge in [-0.25, -0.2) is 15.0 Å². The van der Waals surface area contributed by atoms with Crippen molar-refractivity contribution in [3.63, 3.8) is 0 Å². The third kappa shape index (κ3) is 3.54. The molecule has 0 spiro atoms. The first-order valence-electron chi connectivity index (χ1n) is 7.80. The Hall–Kier alpha value is -3.12. The van der Waals surface area contributed by atoms with Crippen LogP contribution in [0.4, 0.5) is 11.5 Å². The molecule has 0 saturated carbocycles. The number of pyridine rings is 1. The molecule has 3 aromatic heterocycles. The third-order valence-corrected chi connectivity index (χ3v) is 4.54. The molecule has 1 aromatic carbocycles. The van der Waals surface area contributed by atoms with E-state index in [4.69, 9.17) is 4.98 Å². The van der Waals surface area contributed by atoms with Crippen molar-refractivity contribution in [1.29, 1.82) is 0 Å². The van der Waals surface area contributed by atoms with Crippen LogP contribution in [0.3, 0.4) is 0 Å². The van der Waals surface area contributed by atoms with Crippen molar-refractivity contribution < 1.29 is 0 Å². The van der Waals surface area contributed by atoms with E-state index in [2.05, 4.69) is 37.8 Å². The van der Waals surface area contributed by atoms with Gasteiger partial charge in [0.1, 0.15) is 17.2 Å². The SMILES string of the molecule is Cc1cc(Nc2cccc(-c3csc(-c4cccnc4)n3)c2)ncn1. The van der Waals surface area contributed by atoms with E-state index in [0.29, 0.717) is 0 Å². The number of aryl methyl sites for hydroxylation is 1. The van der Waals surface area contributed by atoms with E-state index < -0.39 is 0 Å². The minimum atomic E-state index is 0.777. The summed E-state index contributed by atoms with van der Waals surface area (Å²) in [5.41, 5.74) is 4.93. The lowest BCUT2D eigenvalue weighted by Crippen LogP contribution is -1.95. The largest absolute Gasteiger partial charge is 0.340 e. The molecule has 3 heterocycles. The number of nitrogens with one attached hydrogen (secondary N) is 1. The average Bonchev–Trinajstić information content (AvgIpc) is 3.13. The molecule has 0 aliphatic rings. The molecule has 1 N–H and O–H groups in total. The van der Waals surface area contributed by atoms with Gasteiger partial charge in [0.2, 0.25) is 0 Å². The molecule has 0 fully saturated rings.